The molecule has 2 atom stereocenters. The zero-order valence-electron chi connectivity index (χ0n) is 26.0. The first-order valence-corrected chi connectivity index (χ1v) is 15.2. The van der Waals surface area contributed by atoms with Gasteiger partial charge in [-0.25, -0.2) is 4.99 Å². The summed E-state index contributed by atoms with van der Waals surface area (Å²) < 4.78 is 56.5. The summed E-state index contributed by atoms with van der Waals surface area (Å²) in [6.07, 6.45) is -1.54. The van der Waals surface area contributed by atoms with Gasteiger partial charge in [0.05, 0.1) is 18.3 Å². The van der Waals surface area contributed by atoms with E-state index in [2.05, 4.69) is 22.0 Å². The molecular weight excluding hydrogens is 589 g/mol. The summed E-state index contributed by atoms with van der Waals surface area (Å²) in [7, 11) is 1.69. The molecular formula is C32H41F3N6O4. The van der Waals surface area contributed by atoms with Gasteiger partial charge in [-0.15, -0.1) is 0 Å². The number of hydrogen-bond acceptors (Lipinski definition) is 8. The van der Waals surface area contributed by atoms with Gasteiger partial charge in [-0.3, -0.25) is 4.79 Å². The molecule has 45 heavy (non-hydrogen) atoms. The minimum absolute atomic E-state index is 0.0131. The minimum Gasteiger partial charge on any atom is -0.382 e. The molecule has 3 aliphatic rings. The van der Waals surface area contributed by atoms with Crippen molar-refractivity contribution < 1.29 is 32.0 Å². The molecule has 0 bridgehead atoms. The summed E-state index contributed by atoms with van der Waals surface area (Å²) in [5.41, 5.74) is 8.46. The molecule has 2 saturated heterocycles. The summed E-state index contributed by atoms with van der Waals surface area (Å²) in [4.78, 5) is 22.3. The van der Waals surface area contributed by atoms with Gasteiger partial charge >= 0.3 is 6.18 Å². The van der Waals surface area contributed by atoms with Crippen molar-refractivity contribution >= 4 is 11.7 Å². The Hall–Kier alpha value is -3.68. The molecule has 13 heteroatoms. The number of halogens is 3. The SMILES string of the molecule is C=C(/C(C)=C(\N=C(N)c1cc(C)on1)C(=O)N1CCC(N[C@@H]2CCOC[C@@H]2OC)CC1)N1CCc2ccc(C(F)(F)F)cc2C1. The fourth-order valence-electron chi connectivity index (χ4n) is 6.13. The van der Waals surface area contributed by atoms with E-state index in [9.17, 15) is 18.0 Å². The Morgan fingerprint density at radius 1 is 1.16 bits per heavy atom. The van der Waals surface area contributed by atoms with Crippen LogP contribution in [-0.4, -0.2) is 84.8 Å². The number of aromatic nitrogens is 1. The van der Waals surface area contributed by atoms with Crippen molar-refractivity contribution in [2.75, 3.05) is 40.0 Å². The van der Waals surface area contributed by atoms with Gasteiger partial charge in [-0.1, -0.05) is 17.8 Å². The van der Waals surface area contributed by atoms with Crippen LogP contribution in [0.25, 0.3) is 0 Å². The number of carbonyl (C=O) groups excluding carboxylic acids is 1. The van der Waals surface area contributed by atoms with Gasteiger partial charge in [0.25, 0.3) is 5.91 Å². The molecule has 2 fully saturated rings. The Bertz CT molecular complexity index is 1460. The van der Waals surface area contributed by atoms with Crippen LogP contribution in [-0.2, 0) is 33.4 Å². The van der Waals surface area contributed by atoms with Crippen LogP contribution < -0.4 is 11.1 Å². The first kappa shape index (κ1) is 32.7. The number of alkyl halides is 3. The smallest absolute Gasteiger partial charge is 0.382 e. The highest BCUT2D eigenvalue weighted by molar-refractivity contribution is 6.02. The van der Waals surface area contributed by atoms with E-state index >= 15 is 0 Å². The lowest BCUT2D eigenvalue weighted by atomic mass is 9.96. The molecule has 0 spiro atoms. The van der Waals surface area contributed by atoms with Crippen LogP contribution in [0.15, 0.2) is 57.3 Å². The number of methoxy groups -OCH3 is 1. The number of amides is 1. The third-order valence-corrected chi connectivity index (χ3v) is 8.88. The number of benzene rings is 1. The van der Waals surface area contributed by atoms with E-state index in [-0.39, 0.29) is 42.2 Å². The Kier molecular flexibility index (Phi) is 10.00. The Balaban J connectivity index is 1.36. The van der Waals surface area contributed by atoms with Crippen molar-refractivity contribution in [3.63, 3.8) is 0 Å². The van der Waals surface area contributed by atoms with Gasteiger partial charge in [0.2, 0.25) is 0 Å². The van der Waals surface area contributed by atoms with Gasteiger partial charge in [-0.2, -0.15) is 13.2 Å². The fourth-order valence-corrected chi connectivity index (χ4v) is 6.13. The van der Waals surface area contributed by atoms with E-state index in [1.807, 2.05) is 4.90 Å². The maximum Gasteiger partial charge on any atom is 0.416 e. The molecule has 3 N–H and O–H groups in total. The van der Waals surface area contributed by atoms with Gasteiger partial charge < -0.3 is 34.8 Å². The van der Waals surface area contributed by atoms with Crippen LogP contribution in [0.3, 0.4) is 0 Å². The number of nitrogens with zero attached hydrogens (tertiary/aromatic N) is 4. The highest BCUT2D eigenvalue weighted by Crippen LogP contribution is 2.33. The van der Waals surface area contributed by atoms with Gasteiger partial charge in [0.15, 0.2) is 5.84 Å². The average Bonchev–Trinajstić information content (AvgIpc) is 3.48. The minimum atomic E-state index is -4.44. The summed E-state index contributed by atoms with van der Waals surface area (Å²) in [6.45, 7) is 10.7. The number of fused-ring (bicyclic) bond motifs is 1. The molecule has 10 nitrogen and oxygen atoms in total. The van der Waals surface area contributed by atoms with Crippen LogP contribution in [0.4, 0.5) is 13.2 Å². The Labute approximate surface area is 261 Å². The number of nitrogens with one attached hydrogen (secondary N) is 1. The van der Waals surface area contributed by atoms with Crippen molar-refractivity contribution in [2.45, 2.75) is 70.4 Å². The van der Waals surface area contributed by atoms with Crippen molar-refractivity contribution in [3.8, 4) is 0 Å². The number of likely N-dealkylation sites (tertiary alicyclic amines) is 1. The second-order valence-electron chi connectivity index (χ2n) is 11.9. The number of hydrogen-bond donors (Lipinski definition) is 2. The van der Waals surface area contributed by atoms with E-state index in [1.165, 1.54) is 12.1 Å². The summed E-state index contributed by atoms with van der Waals surface area (Å²) in [5.74, 6) is 0.261. The van der Waals surface area contributed by atoms with Crippen molar-refractivity contribution in [1.29, 1.82) is 0 Å². The predicted molar refractivity (Wildman–Crippen MR) is 162 cm³/mol. The summed E-state index contributed by atoms with van der Waals surface area (Å²) in [6, 6.07) is 5.89. The van der Waals surface area contributed by atoms with Crippen LogP contribution in [0.5, 0.6) is 0 Å². The second kappa shape index (κ2) is 13.8. The second-order valence-corrected chi connectivity index (χ2v) is 11.9. The van der Waals surface area contributed by atoms with E-state index < -0.39 is 11.7 Å². The zero-order chi connectivity index (χ0) is 32.3. The highest BCUT2D eigenvalue weighted by Gasteiger charge is 2.34. The number of ether oxygens (including phenoxy) is 2. The third-order valence-electron chi connectivity index (χ3n) is 8.88. The molecule has 2 aromatic rings. The van der Waals surface area contributed by atoms with Crippen LogP contribution >= 0.6 is 0 Å². The van der Waals surface area contributed by atoms with Gasteiger partial charge in [-0.05, 0) is 62.8 Å². The molecule has 5 rings (SSSR count). The predicted octanol–water partition coefficient (Wildman–Crippen LogP) is 3.94. The highest BCUT2D eigenvalue weighted by atomic mass is 19.4. The summed E-state index contributed by atoms with van der Waals surface area (Å²) >= 11 is 0. The Morgan fingerprint density at radius 2 is 1.91 bits per heavy atom. The number of allylic oxidation sites excluding steroid dienone is 1. The van der Waals surface area contributed by atoms with E-state index in [1.54, 1.807) is 31.9 Å². The maximum absolute atomic E-state index is 14.1. The Morgan fingerprint density at radius 3 is 2.58 bits per heavy atom. The topological polar surface area (TPSA) is 118 Å². The van der Waals surface area contributed by atoms with Crippen molar-refractivity contribution in [1.82, 2.24) is 20.3 Å². The molecule has 1 aromatic carbocycles. The molecule has 4 heterocycles. The number of aryl methyl sites for hydroxylation is 1. The van der Waals surface area contributed by atoms with Crippen LogP contribution in [0.2, 0.25) is 0 Å². The third kappa shape index (κ3) is 7.59. The quantitative estimate of drug-likeness (QED) is 0.195. The van der Waals surface area contributed by atoms with E-state index in [4.69, 9.17) is 19.7 Å². The number of piperidine rings is 1. The van der Waals surface area contributed by atoms with Gasteiger partial charge in [0.1, 0.15) is 17.2 Å². The molecule has 3 aliphatic heterocycles. The normalized spacial score (nSPS) is 22.2. The van der Waals surface area contributed by atoms with E-state index in [0.29, 0.717) is 67.6 Å². The monoisotopic (exact) mass is 630 g/mol. The molecule has 0 saturated carbocycles. The number of nitrogens with two attached hydrogens (primary N) is 1. The molecule has 244 valence electrons. The number of carbonyl (C=O) groups is 1. The standard InChI is InChI=1S/C32H41F3N6O4/c1-19-15-27(39-45-19)30(36)38-29(31(42)40-12-8-25(9-13-40)37-26-10-14-44-18-28(26)43-4)20(2)21(3)41-11-7-22-5-6-24(32(33,34)35)16-23(22)17-41/h5-6,15-16,25-26,28,37H,3,7-14,17-18H2,1-2,4H3,(H2,36,38)/b29-20-/t26-,28+/m1/s1. The zero-order valence-corrected chi connectivity index (χ0v) is 26.0. The first-order valence-electron chi connectivity index (χ1n) is 15.2. The molecule has 0 aliphatic carbocycles. The fraction of sp³-hybridized carbons (Fsp3) is 0.531. The maximum atomic E-state index is 14.1. The number of aliphatic imine (C=N–C) groups is 1. The number of amidine groups is 1. The molecule has 0 unspecified atom stereocenters. The van der Waals surface area contributed by atoms with Crippen LogP contribution in [0, 0.1) is 6.92 Å². The lowest BCUT2D eigenvalue weighted by molar-refractivity contribution is -0.137. The lowest BCUT2D eigenvalue weighted by Crippen LogP contribution is -2.54. The van der Waals surface area contributed by atoms with Crippen LogP contribution in [0.1, 0.15) is 54.3 Å². The first-order chi connectivity index (χ1) is 21.4. The molecule has 1 aromatic heterocycles. The lowest BCUT2D eigenvalue weighted by Gasteiger charge is -2.38. The van der Waals surface area contributed by atoms with Crippen molar-refractivity contribution in [2.24, 2.45) is 10.7 Å². The summed E-state index contributed by atoms with van der Waals surface area (Å²) in [5, 5.41) is 7.63. The molecule has 1 amide bonds. The molecule has 0 radical (unpaired) electrons. The van der Waals surface area contributed by atoms with Gasteiger partial charge in [0, 0.05) is 69.3 Å². The largest absolute Gasteiger partial charge is 0.416 e. The number of rotatable bonds is 8. The van der Waals surface area contributed by atoms with Crippen molar-refractivity contribution in [3.05, 3.63) is 76.0 Å². The van der Waals surface area contributed by atoms with E-state index in [0.717, 1.165) is 30.9 Å². The average molecular weight is 631 g/mol.